The fourth-order valence-corrected chi connectivity index (χ4v) is 5.17. The number of aliphatic hydroxyl groups excluding tert-OH is 1. The largest absolute Gasteiger partial charge is 0.463 e. The lowest BCUT2D eigenvalue weighted by Gasteiger charge is -2.33. The third-order valence-corrected chi connectivity index (χ3v) is 7.15. The van der Waals surface area contributed by atoms with Gasteiger partial charge < -0.3 is 18.4 Å². The zero-order valence-corrected chi connectivity index (χ0v) is 19.8. The normalized spacial score (nSPS) is 22.1. The van der Waals surface area contributed by atoms with Gasteiger partial charge in [0.15, 0.2) is 0 Å². The third-order valence-electron chi connectivity index (χ3n) is 4.78. The molecular formula is C20H19ClINO4S2. The van der Waals surface area contributed by atoms with Gasteiger partial charge in [0.2, 0.25) is 0 Å². The molecule has 0 radical (unpaired) electrons. The van der Waals surface area contributed by atoms with Crippen LogP contribution >= 0.6 is 53.4 Å². The number of aromatic nitrogens is 1. The molecule has 3 heterocycles. The van der Waals surface area contributed by atoms with Crippen molar-refractivity contribution in [2.45, 2.75) is 37.6 Å². The van der Waals surface area contributed by atoms with Crippen molar-refractivity contribution >= 4 is 53.4 Å². The number of aliphatic hydroxyl groups is 1. The standard InChI is InChI=1S/C20H19ClINO4S2/c21-16-4-3-12(18-9-14(24)8-15(27-18)11-26-29-22)6-13(16)7-20-23-10-19(28-20)17-2-1-5-25-17/h1-6,10,14-15,18,24H,7-9,11H2. The number of benzene rings is 1. The molecular weight excluding hydrogens is 545 g/mol. The van der Waals surface area contributed by atoms with E-state index in [9.17, 15) is 5.11 Å². The summed E-state index contributed by atoms with van der Waals surface area (Å²) in [7, 11) is 1.28. The molecule has 0 saturated carbocycles. The molecule has 1 fully saturated rings. The molecule has 0 aliphatic carbocycles. The fourth-order valence-electron chi connectivity index (χ4n) is 3.43. The molecule has 4 rings (SSSR count). The van der Waals surface area contributed by atoms with Crippen molar-refractivity contribution in [1.29, 1.82) is 0 Å². The summed E-state index contributed by atoms with van der Waals surface area (Å²) in [5, 5.41) is 11.9. The second-order valence-electron chi connectivity index (χ2n) is 6.84. The van der Waals surface area contributed by atoms with Gasteiger partial charge in [-0.05, 0) is 29.3 Å². The van der Waals surface area contributed by atoms with Gasteiger partial charge in [0, 0.05) is 51.7 Å². The fraction of sp³-hybridized carbons (Fsp3) is 0.350. The number of ether oxygens (including phenoxy) is 1. The summed E-state index contributed by atoms with van der Waals surface area (Å²) in [4.78, 5) is 5.51. The lowest BCUT2D eigenvalue weighted by Crippen LogP contribution is -2.33. The number of hydrogen-bond donors (Lipinski definition) is 1. The van der Waals surface area contributed by atoms with Crippen molar-refractivity contribution in [2.24, 2.45) is 0 Å². The highest BCUT2D eigenvalue weighted by Gasteiger charge is 2.30. The maximum Gasteiger partial charge on any atom is 0.145 e. The monoisotopic (exact) mass is 563 g/mol. The molecule has 5 nitrogen and oxygen atoms in total. The summed E-state index contributed by atoms with van der Waals surface area (Å²) < 4.78 is 17.0. The molecule has 154 valence electrons. The quantitative estimate of drug-likeness (QED) is 0.271. The summed E-state index contributed by atoms with van der Waals surface area (Å²) in [6, 6.07) is 9.71. The van der Waals surface area contributed by atoms with E-state index in [1.165, 1.54) is 9.21 Å². The minimum Gasteiger partial charge on any atom is -0.463 e. The van der Waals surface area contributed by atoms with Crippen LogP contribution < -0.4 is 0 Å². The van der Waals surface area contributed by atoms with Crippen molar-refractivity contribution < 1.29 is 18.4 Å². The Hall–Kier alpha value is -0.620. The highest BCUT2D eigenvalue weighted by atomic mass is 127. The summed E-state index contributed by atoms with van der Waals surface area (Å²) in [6.07, 6.45) is 4.55. The van der Waals surface area contributed by atoms with E-state index in [1.807, 2.05) is 30.5 Å². The average molecular weight is 564 g/mol. The molecule has 29 heavy (non-hydrogen) atoms. The SMILES string of the molecule is OC1CC(COSI)OC(c2ccc(Cl)c(Cc3ncc(-c4ccco4)s3)c2)C1. The Kier molecular flexibility index (Phi) is 7.54. The Bertz CT molecular complexity index is 936. The molecule has 3 aromatic rings. The van der Waals surface area contributed by atoms with Crippen LogP contribution in [-0.4, -0.2) is 28.9 Å². The predicted octanol–water partition coefficient (Wildman–Crippen LogP) is 6.24. The number of halogens is 2. The Morgan fingerprint density at radius 3 is 3.03 bits per heavy atom. The minimum absolute atomic E-state index is 0.125. The number of hydrogen-bond acceptors (Lipinski definition) is 7. The van der Waals surface area contributed by atoms with Gasteiger partial charge in [0.05, 0.1) is 50.3 Å². The highest BCUT2D eigenvalue weighted by Crippen LogP contribution is 2.35. The van der Waals surface area contributed by atoms with Crippen molar-refractivity contribution in [3.8, 4) is 10.6 Å². The Balaban J connectivity index is 1.50. The molecule has 1 saturated heterocycles. The summed E-state index contributed by atoms with van der Waals surface area (Å²) in [6.45, 7) is 0.455. The summed E-state index contributed by atoms with van der Waals surface area (Å²) >= 11 is 10.1. The molecule has 3 atom stereocenters. The van der Waals surface area contributed by atoms with Crippen molar-refractivity contribution in [3.05, 3.63) is 63.9 Å². The van der Waals surface area contributed by atoms with Crippen LogP contribution in [0.3, 0.4) is 0 Å². The van der Waals surface area contributed by atoms with E-state index in [-0.39, 0.29) is 12.2 Å². The van der Waals surface area contributed by atoms with Gasteiger partial charge in [0.25, 0.3) is 0 Å². The maximum atomic E-state index is 10.3. The second-order valence-corrected chi connectivity index (χ2v) is 9.81. The summed E-state index contributed by atoms with van der Waals surface area (Å²) in [5.74, 6) is 0.816. The molecule has 0 bridgehead atoms. The Morgan fingerprint density at radius 1 is 1.34 bits per heavy atom. The molecule has 0 amide bonds. The van der Waals surface area contributed by atoms with Crippen LogP contribution in [0.25, 0.3) is 10.6 Å². The van der Waals surface area contributed by atoms with Crippen molar-refractivity contribution in [3.63, 3.8) is 0 Å². The number of rotatable bonds is 7. The number of thiazole rings is 1. The molecule has 1 aliphatic heterocycles. The second kappa shape index (κ2) is 10.1. The maximum absolute atomic E-state index is 10.3. The molecule has 2 aromatic heterocycles. The lowest BCUT2D eigenvalue weighted by atomic mass is 9.95. The van der Waals surface area contributed by atoms with Crippen LogP contribution in [0.1, 0.15) is 35.1 Å². The molecule has 1 N–H and O–H groups in total. The first kappa shape index (κ1) is 21.6. The topological polar surface area (TPSA) is 64.7 Å². The molecule has 9 heteroatoms. The van der Waals surface area contributed by atoms with E-state index in [0.29, 0.717) is 30.9 Å². The van der Waals surface area contributed by atoms with E-state index in [0.717, 1.165) is 26.8 Å². The first-order chi connectivity index (χ1) is 14.1. The Labute approximate surface area is 194 Å². The van der Waals surface area contributed by atoms with Crippen LogP contribution in [0.5, 0.6) is 0 Å². The zero-order valence-electron chi connectivity index (χ0n) is 15.3. The third kappa shape index (κ3) is 5.55. The van der Waals surface area contributed by atoms with Crippen molar-refractivity contribution in [1.82, 2.24) is 4.98 Å². The predicted molar refractivity (Wildman–Crippen MR) is 124 cm³/mol. The molecule has 0 spiro atoms. The van der Waals surface area contributed by atoms with Gasteiger partial charge in [-0.1, -0.05) is 23.7 Å². The summed E-state index contributed by atoms with van der Waals surface area (Å²) in [5.41, 5.74) is 2.00. The van der Waals surface area contributed by atoms with Gasteiger partial charge in [-0.3, -0.25) is 0 Å². The van der Waals surface area contributed by atoms with Crippen LogP contribution in [0.15, 0.2) is 47.2 Å². The van der Waals surface area contributed by atoms with Crippen LogP contribution in [0, 0.1) is 0 Å². The van der Waals surface area contributed by atoms with E-state index in [2.05, 4.69) is 32.3 Å². The Morgan fingerprint density at radius 2 is 2.24 bits per heavy atom. The number of nitrogens with zero attached hydrogens (tertiary/aromatic N) is 1. The number of furan rings is 1. The zero-order chi connectivity index (χ0) is 20.2. The molecule has 1 aliphatic rings. The smallest absolute Gasteiger partial charge is 0.145 e. The lowest BCUT2D eigenvalue weighted by molar-refractivity contribution is -0.108. The van der Waals surface area contributed by atoms with E-state index in [4.69, 9.17) is 24.9 Å². The highest BCUT2D eigenvalue weighted by molar-refractivity contribution is 14.2. The van der Waals surface area contributed by atoms with E-state index < -0.39 is 6.10 Å². The van der Waals surface area contributed by atoms with Gasteiger partial charge in [-0.2, -0.15) is 0 Å². The minimum atomic E-state index is -0.407. The molecule has 3 unspecified atom stereocenters. The van der Waals surface area contributed by atoms with Crippen molar-refractivity contribution in [2.75, 3.05) is 6.61 Å². The van der Waals surface area contributed by atoms with E-state index >= 15 is 0 Å². The van der Waals surface area contributed by atoms with E-state index in [1.54, 1.807) is 17.6 Å². The van der Waals surface area contributed by atoms with Crippen LogP contribution in [-0.2, 0) is 15.3 Å². The molecule has 1 aromatic carbocycles. The van der Waals surface area contributed by atoms with Gasteiger partial charge in [-0.15, -0.1) is 11.3 Å². The van der Waals surface area contributed by atoms with Crippen LogP contribution in [0.4, 0.5) is 0 Å². The average Bonchev–Trinajstić information content (AvgIpc) is 3.39. The van der Waals surface area contributed by atoms with Crippen LogP contribution in [0.2, 0.25) is 5.02 Å². The first-order valence-electron chi connectivity index (χ1n) is 9.13. The van der Waals surface area contributed by atoms with Gasteiger partial charge in [0.1, 0.15) is 5.76 Å². The van der Waals surface area contributed by atoms with Gasteiger partial charge in [-0.25, -0.2) is 4.98 Å². The first-order valence-corrected chi connectivity index (χ1v) is 13.6. The van der Waals surface area contributed by atoms with Gasteiger partial charge >= 0.3 is 0 Å².